The third-order valence-corrected chi connectivity index (χ3v) is 2.51. The molecule has 0 amide bonds. The maximum Gasteiger partial charge on any atom is 0.375 e. The molecule has 0 radical (unpaired) electrons. The Morgan fingerprint density at radius 2 is 1.82 bits per heavy atom. The molecule has 0 aliphatic carbocycles. The molecule has 0 saturated carbocycles. The summed E-state index contributed by atoms with van der Waals surface area (Å²) >= 11 is 0. The number of ketones is 1. The highest BCUT2D eigenvalue weighted by Crippen LogP contribution is 2.11. The molecule has 0 spiro atoms. The summed E-state index contributed by atoms with van der Waals surface area (Å²) in [6, 6.07) is 5.74. The molecule has 1 aromatic carbocycles. The predicted molar refractivity (Wildman–Crippen MR) is 65.9 cm³/mol. The fourth-order valence-corrected chi connectivity index (χ4v) is 1.45. The Balaban J connectivity index is 2.68. The molecule has 0 heterocycles. The molecule has 0 saturated heterocycles. The molecule has 0 atom stereocenters. The predicted octanol–water partition coefficient (Wildman–Crippen LogP) is 2.37. The Bertz CT molecular complexity index is 433. The van der Waals surface area contributed by atoms with Crippen LogP contribution >= 0.6 is 0 Å². The summed E-state index contributed by atoms with van der Waals surface area (Å²) in [4.78, 5) is 22.9. The topological polar surface area (TPSA) is 43.4 Å². The van der Waals surface area contributed by atoms with E-state index < -0.39 is 11.8 Å². The number of hydrogen-bond acceptors (Lipinski definition) is 3. The van der Waals surface area contributed by atoms with Crippen LogP contribution < -0.4 is 0 Å². The van der Waals surface area contributed by atoms with E-state index in [2.05, 4.69) is 0 Å². The van der Waals surface area contributed by atoms with E-state index in [0.717, 1.165) is 11.1 Å². The van der Waals surface area contributed by atoms with Gasteiger partial charge < -0.3 is 4.74 Å². The zero-order valence-electron chi connectivity index (χ0n) is 10.7. The first kappa shape index (κ1) is 13.4. The molecule has 0 aliphatic rings. The van der Waals surface area contributed by atoms with Crippen molar-refractivity contribution in [3.8, 4) is 0 Å². The van der Waals surface area contributed by atoms with E-state index in [4.69, 9.17) is 4.74 Å². The average Bonchev–Trinajstić information content (AvgIpc) is 2.22. The monoisotopic (exact) mass is 234 g/mol. The zero-order valence-corrected chi connectivity index (χ0v) is 10.7. The van der Waals surface area contributed by atoms with E-state index in [9.17, 15) is 9.59 Å². The normalized spacial score (nSPS) is 10.4. The summed E-state index contributed by atoms with van der Waals surface area (Å²) in [5.41, 5.74) is 3.14. The van der Waals surface area contributed by atoms with Gasteiger partial charge in [0.2, 0.25) is 5.78 Å². The smallest absolute Gasteiger partial charge is 0.375 e. The van der Waals surface area contributed by atoms with Crippen molar-refractivity contribution in [2.24, 2.45) is 0 Å². The van der Waals surface area contributed by atoms with Crippen LogP contribution in [0, 0.1) is 13.8 Å². The molecule has 92 valence electrons. The van der Waals surface area contributed by atoms with Gasteiger partial charge in [-0.25, -0.2) is 4.79 Å². The lowest BCUT2D eigenvalue weighted by molar-refractivity contribution is -0.156. The highest BCUT2D eigenvalue weighted by molar-refractivity contribution is 6.34. The summed E-state index contributed by atoms with van der Waals surface area (Å²) in [5, 5.41) is 0. The molecule has 0 aliphatic heterocycles. The van der Waals surface area contributed by atoms with Crippen molar-refractivity contribution in [2.75, 3.05) is 0 Å². The highest BCUT2D eigenvalue weighted by atomic mass is 16.5. The second kappa shape index (κ2) is 5.62. The average molecular weight is 234 g/mol. The van der Waals surface area contributed by atoms with Gasteiger partial charge in [0.15, 0.2) is 0 Å². The molecule has 0 fully saturated rings. The van der Waals surface area contributed by atoms with Crippen molar-refractivity contribution in [3.63, 3.8) is 0 Å². The Morgan fingerprint density at radius 3 is 2.35 bits per heavy atom. The Kier molecular flexibility index (Phi) is 4.44. The summed E-state index contributed by atoms with van der Waals surface area (Å²) in [6.45, 7) is 7.44. The third-order valence-electron chi connectivity index (χ3n) is 2.51. The number of rotatable bonds is 4. The highest BCUT2D eigenvalue weighted by Gasteiger charge is 2.17. The van der Waals surface area contributed by atoms with Gasteiger partial charge in [0.1, 0.15) is 0 Å². The van der Waals surface area contributed by atoms with Gasteiger partial charge in [0.05, 0.1) is 6.10 Å². The van der Waals surface area contributed by atoms with Crippen LogP contribution in [-0.2, 0) is 20.7 Å². The molecule has 0 unspecified atom stereocenters. The Labute approximate surface area is 102 Å². The van der Waals surface area contributed by atoms with E-state index in [1.807, 2.05) is 32.0 Å². The molecule has 1 aromatic rings. The van der Waals surface area contributed by atoms with Crippen LogP contribution in [0.2, 0.25) is 0 Å². The number of ether oxygens (including phenoxy) is 1. The number of hydrogen-bond donors (Lipinski definition) is 0. The molecule has 3 heteroatoms. The molecule has 0 aromatic heterocycles. The molecule has 0 bridgehead atoms. The molecule has 17 heavy (non-hydrogen) atoms. The second-order valence-electron chi connectivity index (χ2n) is 4.47. The fourth-order valence-electron chi connectivity index (χ4n) is 1.45. The van der Waals surface area contributed by atoms with Crippen molar-refractivity contribution in [2.45, 2.75) is 40.2 Å². The molecular formula is C14H18O3. The molecule has 1 rings (SSSR count). The van der Waals surface area contributed by atoms with E-state index in [0.29, 0.717) is 0 Å². The van der Waals surface area contributed by atoms with Gasteiger partial charge in [-0.1, -0.05) is 18.2 Å². The number of Topliss-reactive ketones (excluding diaryl/α,β-unsaturated/α-hetero) is 1. The van der Waals surface area contributed by atoms with E-state index in [1.165, 1.54) is 5.56 Å². The van der Waals surface area contributed by atoms with Crippen LogP contribution in [-0.4, -0.2) is 17.9 Å². The fraction of sp³-hybridized carbons (Fsp3) is 0.429. The minimum Gasteiger partial charge on any atom is -0.457 e. The zero-order chi connectivity index (χ0) is 13.0. The Hall–Kier alpha value is -1.64. The number of carbonyl (C=O) groups excluding carboxylic acids is 2. The first-order chi connectivity index (χ1) is 7.90. The summed E-state index contributed by atoms with van der Waals surface area (Å²) < 4.78 is 4.85. The van der Waals surface area contributed by atoms with Crippen molar-refractivity contribution in [1.82, 2.24) is 0 Å². The lowest BCUT2D eigenvalue weighted by Gasteiger charge is -2.07. The van der Waals surface area contributed by atoms with Gasteiger partial charge in [0.25, 0.3) is 0 Å². The largest absolute Gasteiger partial charge is 0.457 e. The first-order valence-corrected chi connectivity index (χ1v) is 5.70. The quantitative estimate of drug-likeness (QED) is 0.593. The summed E-state index contributed by atoms with van der Waals surface area (Å²) in [6.07, 6.45) is -0.154. The van der Waals surface area contributed by atoms with E-state index in [-0.39, 0.29) is 12.5 Å². The Morgan fingerprint density at radius 1 is 1.18 bits per heavy atom. The second-order valence-corrected chi connectivity index (χ2v) is 4.47. The van der Waals surface area contributed by atoms with Crippen LogP contribution in [0.15, 0.2) is 18.2 Å². The van der Waals surface area contributed by atoms with Gasteiger partial charge in [-0.15, -0.1) is 0 Å². The number of esters is 1. The molecule has 0 N–H and O–H groups in total. The third kappa shape index (κ3) is 4.02. The number of benzene rings is 1. The van der Waals surface area contributed by atoms with Gasteiger partial charge in [-0.3, -0.25) is 4.79 Å². The van der Waals surface area contributed by atoms with Crippen molar-refractivity contribution >= 4 is 11.8 Å². The van der Waals surface area contributed by atoms with Crippen LogP contribution in [0.5, 0.6) is 0 Å². The maximum absolute atomic E-state index is 11.6. The van der Waals surface area contributed by atoms with E-state index in [1.54, 1.807) is 13.8 Å². The SMILES string of the molecule is Cc1ccc(CC(=O)C(=O)OC(C)C)cc1C. The van der Waals surface area contributed by atoms with Gasteiger partial charge in [-0.2, -0.15) is 0 Å². The van der Waals surface area contributed by atoms with Crippen LogP contribution in [0.1, 0.15) is 30.5 Å². The first-order valence-electron chi connectivity index (χ1n) is 5.70. The van der Waals surface area contributed by atoms with Crippen LogP contribution in [0.3, 0.4) is 0 Å². The maximum atomic E-state index is 11.6. The van der Waals surface area contributed by atoms with Crippen LogP contribution in [0.25, 0.3) is 0 Å². The lowest BCUT2D eigenvalue weighted by Crippen LogP contribution is -2.22. The lowest BCUT2D eigenvalue weighted by atomic mass is 10.0. The van der Waals surface area contributed by atoms with Crippen molar-refractivity contribution in [1.29, 1.82) is 0 Å². The minimum absolute atomic E-state index is 0.104. The van der Waals surface area contributed by atoms with Crippen LogP contribution in [0.4, 0.5) is 0 Å². The number of carbonyl (C=O) groups is 2. The van der Waals surface area contributed by atoms with E-state index >= 15 is 0 Å². The van der Waals surface area contributed by atoms with Crippen molar-refractivity contribution < 1.29 is 14.3 Å². The summed E-state index contributed by atoms with van der Waals surface area (Å²) in [5.74, 6) is -1.25. The van der Waals surface area contributed by atoms with Gasteiger partial charge in [0, 0.05) is 6.42 Å². The van der Waals surface area contributed by atoms with Crippen molar-refractivity contribution in [3.05, 3.63) is 34.9 Å². The summed E-state index contributed by atoms with van der Waals surface area (Å²) in [7, 11) is 0. The molecular weight excluding hydrogens is 216 g/mol. The standard InChI is InChI=1S/C14H18O3/c1-9(2)17-14(16)13(15)8-12-6-5-10(3)11(4)7-12/h5-7,9H,8H2,1-4H3. The van der Waals surface area contributed by atoms with Gasteiger partial charge in [-0.05, 0) is 44.4 Å². The minimum atomic E-state index is -0.752. The number of aryl methyl sites for hydroxylation is 2. The molecule has 3 nitrogen and oxygen atoms in total. The van der Waals surface area contributed by atoms with Gasteiger partial charge >= 0.3 is 5.97 Å².